The molecule has 1 saturated carbocycles. The van der Waals surface area contributed by atoms with Crippen molar-refractivity contribution in [2.45, 2.75) is 64.0 Å². The number of nitrogens with zero attached hydrogens (tertiary/aromatic N) is 3. The van der Waals surface area contributed by atoms with Crippen molar-refractivity contribution >= 4 is 23.4 Å². The van der Waals surface area contributed by atoms with Gasteiger partial charge < -0.3 is 14.5 Å². The molecule has 0 N–H and O–H groups in total. The number of ether oxygens (including phenoxy) is 1. The van der Waals surface area contributed by atoms with Crippen LogP contribution in [0.1, 0.15) is 56.1 Å². The minimum absolute atomic E-state index is 0.0341. The van der Waals surface area contributed by atoms with Gasteiger partial charge >= 0.3 is 0 Å². The number of piperidine rings is 3. The molecule has 220 valence electrons. The molecule has 1 spiro atoms. The minimum Gasteiger partial charge on any atom is -0.376 e. The predicted octanol–water partition coefficient (Wildman–Crippen LogP) is 5.43. The third-order valence-electron chi connectivity index (χ3n) is 9.66. The Kier molecular flexibility index (Phi) is 8.99. The van der Waals surface area contributed by atoms with Gasteiger partial charge in [-0.05, 0) is 93.0 Å². The highest BCUT2D eigenvalue weighted by molar-refractivity contribution is 6.30. The number of carbonyl (C=O) groups is 2. The predicted molar refractivity (Wildman–Crippen MR) is 162 cm³/mol. The van der Waals surface area contributed by atoms with Crippen LogP contribution in [0, 0.1) is 17.3 Å². The fourth-order valence-electron chi connectivity index (χ4n) is 7.24. The van der Waals surface area contributed by atoms with E-state index in [4.69, 9.17) is 16.3 Å². The van der Waals surface area contributed by atoms with Gasteiger partial charge in [0.25, 0.3) is 0 Å². The number of amides is 2. The smallest absolute Gasteiger partial charge is 0.236 e. The van der Waals surface area contributed by atoms with Crippen LogP contribution < -0.4 is 0 Å². The van der Waals surface area contributed by atoms with E-state index in [1.165, 1.54) is 18.4 Å². The summed E-state index contributed by atoms with van der Waals surface area (Å²) in [5.41, 5.74) is 1.94. The fraction of sp³-hybridized carbons (Fsp3) is 0.588. The van der Waals surface area contributed by atoms with E-state index in [0.717, 1.165) is 70.3 Å². The molecule has 0 radical (unpaired) electrons. The van der Waals surface area contributed by atoms with Gasteiger partial charge in [0, 0.05) is 44.4 Å². The molecule has 7 heteroatoms. The first-order valence-electron chi connectivity index (χ1n) is 15.7. The Morgan fingerprint density at radius 3 is 2.49 bits per heavy atom. The number of hydrogen-bond donors (Lipinski definition) is 0. The van der Waals surface area contributed by atoms with Crippen LogP contribution in [-0.4, -0.2) is 78.5 Å². The molecule has 2 aromatic rings. The fourth-order valence-corrected chi connectivity index (χ4v) is 7.45. The highest BCUT2D eigenvalue weighted by atomic mass is 35.5. The zero-order valence-electron chi connectivity index (χ0n) is 24.2. The Hall–Kier alpha value is -2.41. The zero-order chi connectivity index (χ0) is 28.2. The lowest BCUT2D eigenvalue weighted by atomic mass is 9.72. The van der Waals surface area contributed by atoms with Crippen molar-refractivity contribution < 1.29 is 14.3 Å². The summed E-state index contributed by atoms with van der Waals surface area (Å²) < 4.78 is 6.42. The lowest BCUT2D eigenvalue weighted by Crippen LogP contribution is -2.60. The van der Waals surface area contributed by atoms with Gasteiger partial charge in [0.2, 0.25) is 11.8 Å². The number of carbonyl (C=O) groups excluding carboxylic acids is 2. The van der Waals surface area contributed by atoms with Crippen LogP contribution >= 0.6 is 11.6 Å². The molecule has 3 heterocycles. The summed E-state index contributed by atoms with van der Waals surface area (Å²) in [5, 5.41) is 0.689. The molecule has 2 aromatic carbocycles. The topological polar surface area (TPSA) is 53.1 Å². The van der Waals surface area contributed by atoms with Gasteiger partial charge in [0.05, 0.1) is 18.1 Å². The molecule has 3 aliphatic heterocycles. The number of hydrogen-bond acceptors (Lipinski definition) is 4. The van der Waals surface area contributed by atoms with Crippen LogP contribution in [0.15, 0.2) is 54.6 Å². The van der Waals surface area contributed by atoms with E-state index in [1.807, 2.05) is 29.2 Å². The lowest BCUT2D eigenvalue weighted by molar-refractivity contribution is -0.162. The summed E-state index contributed by atoms with van der Waals surface area (Å²) in [6.45, 7) is 5.53. The Labute approximate surface area is 250 Å². The molecular formula is C34H44ClN3O3. The van der Waals surface area contributed by atoms with Crippen molar-refractivity contribution in [1.29, 1.82) is 0 Å². The van der Waals surface area contributed by atoms with Gasteiger partial charge in [-0.15, -0.1) is 0 Å². The van der Waals surface area contributed by atoms with E-state index in [0.29, 0.717) is 43.0 Å². The van der Waals surface area contributed by atoms with Crippen LogP contribution in [0.2, 0.25) is 5.02 Å². The maximum absolute atomic E-state index is 14.1. The first-order valence-corrected chi connectivity index (χ1v) is 16.0. The number of halogens is 1. The maximum Gasteiger partial charge on any atom is 0.236 e. The highest BCUT2D eigenvalue weighted by Gasteiger charge is 2.50. The molecular weight excluding hydrogens is 534 g/mol. The first kappa shape index (κ1) is 28.7. The van der Waals surface area contributed by atoms with Crippen molar-refractivity contribution in [1.82, 2.24) is 14.7 Å². The second-order valence-corrected chi connectivity index (χ2v) is 13.5. The minimum atomic E-state index is -0.494. The molecule has 1 aliphatic carbocycles. The third kappa shape index (κ3) is 7.33. The molecule has 2 atom stereocenters. The Balaban J connectivity index is 1.08. The van der Waals surface area contributed by atoms with E-state index in [-0.39, 0.29) is 17.9 Å². The summed E-state index contributed by atoms with van der Waals surface area (Å²) >= 11 is 6.27. The molecule has 2 amide bonds. The van der Waals surface area contributed by atoms with Crippen LogP contribution in [0.5, 0.6) is 0 Å². The molecule has 6 rings (SSSR count). The highest BCUT2D eigenvalue weighted by Crippen LogP contribution is 2.42. The summed E-state index contributed by atoms with van der Waals surface area (Å²) in [6, 6.07) is 18.5. The SMILES string of the molecule is O=C(CN1CCC[C@]2(C[C@H](OCC3CC3)CN(Cc3cccc(Cl)c3)C2=O)C1)N1CCC(Cc2ccccc2)CC1. The van der Waals surface area contributed by atoms with Gasteiger partial charge in [-0.25, -0.2) is 0 Å². The quantitative estimate of drug-likeness (QED) is 0.399. The van der Waals surface area contributed by atoms with Crippen molar-refractivity contribution in [3.63, 3.8) is 0 Å². The van der Waals surface area contributed by atoms with E-state index >= 15 is 0 Å². The van der Waals surface area contributed by atoms with E-state index in [1.54, 1.807) is 0 Å². The van der Waals surface area contributed by atoms with E-state index < -0.39 is 5.41 Å². The van der Waals surface area contributed by atoms with Crippen LogP contribution in [0.3, 0.4) is 0 Å². The number of benzene rings is 2. The summed E-state index contributed by atoms with van der Waals surface area (Å²) in [6.07, 6.45) is 8.28. The average Bonchev–Trinajstić information content (AvgIpc) is 3.80. The van der Waals surface area contributed by atoms with Crippen LogP contribution in [0.4, 0.5) is 0 Å². The van der Waals surface area contributed by atoms with Crippen molar-refractivity contribution in [3.8, 4) is 0 Å². The van der Waals surface area contributed by atoms with Gasteiger partial charge in [0.1, 0.15) is 0 Å². The summed E-state index contributed by atoms with van der Waals surface area (Å²) in [4.78, 5) is 33.8. The molecule has 3 saturated heterocycles. The molecule has 4 fully saturated rings. The molecule has 6 nitrogen and oxygen atoms in total. The van der Waals surface area contributed by atoms with Gasteiger partial charge in [-0.2, -0.15) is 0 Å². The second kappa shape index (κ2) is 12.8. The van der Waals surface area contributed by atoms with Crippen molar-refractivity contribution in [3.05, 3.63) is 70.7 Å². The molecule has 0 aromatic heterocycles. The monoisotopic (exact) mass is 577 g/mol. The molecule has 4 aliphatic rings. The Bertz CT molecular complexity index is 1200. The van der Waals surface area contributed by atoms with Gasteiger partial charge in [-0.3, -0.25) is 14.5 Å². The lowest BCUT2D eigenvalue weighted by Gasteiger charge is -2.49. The Morgan fingerprint density at radius 2 is 1.73 bits per heavy atom. The molecule has 0 bridgehead atoms. The van der Waals surface area contributed by atoms with Crippen LogP contribution in [0.25, 0.3) is 0 Å². The number of likely N-dealkylation sites (tertiary alicyclic amines) is 3. The third-order valence-corrected chi connectivity index (χ3v) is 9.89. The van der Waals surface area contributed by atoms with Gasteiger partial charge in [-0.1, -0.05) is 54.1 Å². The summed E-state index contributed by atoms with van der Waals surface area (Å²) in [7, 11) is 0. The normalized spacial score (nSPS) is 26.1. The van der Waals surface area contributed by atoms with E-state index in [2.05, 4.69) is 40.1 Å². The largest absolute Gasteiger partial charge is 0.376 e. The number of rotatable bonds is 9. The van der Waals surface area contributed by atoms with Crippen LogP contribution in [-0.2, 0) is 27.3 Å². The van der Waals surface area contributed by atoms with Gasteiger partial charge in [0.15, 0.2) is 0 Å². The molecule has 0 unspecified atom stereocenters. The zero-order valence-corrected chi connectivity index (χ0v) is 24.9. The van der Waals surface area contributed by atoms with Crippen molar-refractivity contribution in [2.24, 2.45) is 17.3 Å². The first-order chi connectivity index (χ1) is 20.0. The maximum atomic E-state index is 14.1. The van der Waals surface area contributed by atoms with Crippen molar-refractivity contribution in [2.75, 3.05) is 45.9 Å². The standard InChI is InChI=1S/C34H44ClN3O3/c35-30-9-4-8-29(19-30)21-38-22-31(41-24-28-10-11-28)20-34(33(38)40)14-5-15-36(25-34)23-32(39)37-16-12-27(13-17-37)18-26-6-2-1-3-7-26/h1-4,6-9,19,27-28,31H,5,10-18,20-25H2/t31-,34-/m0/s1. The van der Waals surface area contributed by atoms with E-state index in [9.17, 15) is 9.59 Å². The summed E-state index contributed by atoms with van der Waals surface area (Å²) in [5.74, 6) is 1.74. The Morgan fingerprint density at radius 1 is 0.951 bits per heavy atom. The second-order valence-electron chi connectivity index (χ2n) is 13.0. The molecule has 41 heavy (non-hydrogen) atoms. The average molecular weight is 578 g/mol.